The summed E-state index contributed by atoms with van der Waals surface area (Å²) in [5, 5.41) is 0. The largest absolute Gasteiger partial charge is 0.369 e. The maximum absolute atomic E-state index is 12.7. The van der Waals surface area contributed by atoms with E-state index in [0.717, 1.165) is 58.1 Å². The normalized spacial score (nSPS) is 21.1. The molecule has 0 saturated carbocycles. The summed E-state index contributed by atoms with van der Waals surface area (Å²) >= 11 is 0. The zero-order valence-electron chi connectivity index (χ0n) is 16.8. The van der Waals surface area contributed by atoms with Crippen LogP contribution in [0.4, 0.5) is 5.69 Å². The van der Waals surface area contributed by atoms with Crippen molar-refractivity contribution in [3.63, 3.8) is 0 Å². The number of hydrogen-bond donors (Lipinski definition) is 0. The number of piperazine rings is 1. The van der Waals surface area contributed by atoms with Crippen molar-refractivity contribution in [1.82, 2.24) is 19.4 Å². The Balaban J connectivity index is 1.27. The lowest BCUT2D eigenvalue weighted by atomic mass is 10.0. The quantitative estimate of drug-likeness (QED) is 0.798. The number of likely N-dealkylation sites (tertiary alicyclic amines) is 1. The highest BCUT2D eigenvalue weighted by atomic mass is 16.2. The van der Waals surface area contributed by atoms with Crippen molar-refractivity contribution in [2.24, 2.45) is 0 Å². The molecule has 2 aromatic rings. The molecule has 2 saturated heterocycles. The van der Waals surface area contributed by atoms with Crippen LogP contribution in [0, 0.1) is 6.92 Å². The maximum atomic E-state index is 12.7. The molecule has 0 radical (unpaired) electrons. The molecule has 3 heterocycles. The fourth-order valence-corrected chi connectivity index (χ4v) is 4.48. The van der Waals surface area contributed by atoms with Crippen molar-refractivity contribution in [3.05, 3.63) is 48.5 Å². The van der Waals surface area contributed by atoms with E-state index in [1.54, 1.807) is 6.20 Å². The molecule has 6 nitrogen and oxygen atoms in total. The minimum absolute atomic E-state index is 0.278. The lowest BCUT2D eigenvalue weighted by Crippen LogP contribution is -2.55. The van der Waals surface area contributed by atoms with Gasteiger partial charge in [-0.05, 0) is 31.9 Å². The smallest absolute Gasteiger partial charge is 0.224 e. The summed E-state index contributed by atoms with van der Waals surface area (Å²) in [6.07, 6.45) is 6.63. The van der Waals surface area contributed by atoms with E-state index in [9.17, 15) is 4.79 Å². The van der Waals surface area contributed by atoms with Crippen LogP contribution in [0.3, 0.4) is 0 Å². The highest BCUT2D eigenvalue weighted by molar-refractivity contribution is 5.76. The molecular weight excluding hydrogens is 350 g/mol. The molecule has 0 bridgehead atoms. The van der Waals surface area contributed by atoms with Crippen LogP contribution in [0.15, 0.2) is 42.7 Å². The number of hydrogen-bond acceptors (Lipinski definition) is 4. The third kappa shape index (κ3) is 4.38. The second kappa shape index (κ2) is 8.78. The van der Waals surface area contributed by atoms with Gasteiger partial charge in [-0.2, -0.15) is 0 Å². The van der Waals surface area contributed by atoms with Crippen LogP contribution in [0.1, 0.15) is 25.1 Å². The number of rotatable bonds is 5. The first-order valence-corrected chi connectivity index (χ1v) is 10.5. The molecule has 1 aromatic heterocycles. The Hall–Kier alpha value is -2.34. The molecule has 0 unspecified atom stereocenters. The number of para-hydroxylation sites is 1. The molecule has 2 fully saturated rings. The van der Waals surface area contributed by atoms with E-state index in [2.05, 4.69) is 54.6 Å². The van der Waals surface area contributed by atoms with Crippen LogP contribution in [-0.2, 0) is 11.3 Å². The SMILES string of the molecule is Cc1nccn1CCC(=O)N1CCC[C@@H](N2CCN(c3ccccc3)CC2)C1. The van der Waals surface area contributed by atoms with Gasteiger partial charge >= 0.3 is 0 Å². The number of carbonyl (C=O) groups is 1. The van der Waals surface area contributed by atoms with Crippen molar-refractivity contribution < 1.29 is 4.79 Å². The van der Waals surface area contributed by atoms with Gasteiger partial charge in [0.2, 0.25) is 5.91 Å². The van der Waals surface area contributed by atoms with Crippen LogP contribution in [0.5, 0.6) is 0 Å². The summed E-state index contributed by atoms with van der Waals surface area (Å²) in [6.45, 7) is 8.78. The maximum Gasteiger partial charge on any atom is 0.224 e. The van der Waals surface area contributed by atoms with Crippen LogP contribution >= 0.6 is 0 Å². The molecule has 6 heteroatoms. The Labute approximate surface area is 167 Å². The third-order valence-corrected chi connectivity index (χ3v) is 6.19. The zero-order valence-corrected chi connectivity index (χ0v) is 16.8. The minimum Gasteiger partial charge on any atom is -0.369 e. The Morgan fingerprint density at radius 3 is 2.61 bits per heavy atom. The molecule has 0 N–H and O–H groups in total. The first kappa shape index (κ1) is 19.0. The summed E-state index contributed by atoms with van der Waals surface area (Å²) in [7, 11) is 0. The van der Waals surface area contributed by atoms with Gasteiger partial charge in [0.05, 0.1) is 0 Å². The average molecular weight is 382 g/mol. The molecule has 28 heavy (non-hydrogen) atoms. The summed E-state index contributed by atoms with van der Waals surface area (Å²) in [5.41, 5.74) is 1.32. The van der Waals surface area contributed by atoms with Crippen molar-refractivity contribution >= 4 is 11.6 Å². The molecule has 2 aliphatic rings. The van der Waals surface area contributed by atoms with Crippen molar-refractivity contribution in [2.45, 2.75) is 38.8 Å². The standard InChI is InChI=1S/C22H31N5O/c1-19-23-10-13-24(19)12-9-22(28)27-11-5-8-21(18-27)26-16-14-25(15-17-26)20-6-3-2-4-7-20/h2-4,6-7,10,13,21H,5,8-9,11-12,14-18H2,1H3/t21-/m1/s1. The monoisotopic (exact) mass is 381 g/mol. The second-order valence-electron chi connectivity index (χ2n) is 7.91. The molecule has 0 aliphatic carbocycles. The van der Waals surface area contributed by atoms with Gasteiger partial charge in [0, 0.05) is 76.4 Å². The lowest BCUT2D eigenvalue weighted by molar-refractivity contribution is -0.133. The Morgan fingerprint density at radius 2 is 1.89 bits per heavy atom. The van der Waals surface area contributed by atoms with Crippen LogP contribution in [0.2, 0.25) is 0 Å². The number of amides is 1. The number of anilines is 1. The number of imidazole rings is 1. The molecular formula is C22H31N5O. The second-order valence-corrected chi connectivity index (χ2v) is 7.91. The average Bonchev–Trinajstić information content (AvgIpc) is 3.17. The summed E-state index contributed by atoms with van der Waals surface area (Å²) in [6, 6.07) is 11.2. The Kier molecular flexibility index (Phi) is 5.95. The van der Waals surface area contributed by atoms with E-state index in [1.165, 1.54) is 12.1 Å². The van der Waals surface area contributed by atoms with Crippen molar-refractivity contribution in [2.75, 3.05) is 44.2 Å². The van der Waals surface area contributed by atoms with Crippen LogP contribution < -0.4 is 4.90 Å². The Bertz CT molecular complexity index is 766. The first-order valence-electron chi connectivity index (χ1n) is 10.5. The predicted octanol–water partition coefficient (Wildman–Crippen LogP) is 2.39. The number of nitrogens with zero attached hydrogens (tertiary/aromatic N) is 5. The van der Waals surface area contributed by atoms with E-state index >= 15 is 0 Å². The summed E-state index contributed by atoms with van der Waals surface area (Å²) < 4.78 is 2.06. The molecule has 1 amide bonds. The van der Waals surface area contributed by atoms with Gasteiger partial charge in [-0.1, -0.05) is 18.2 Å². The molecule has 4 rings (SSSR count). The molecule has 1 aromatic carbocycles. The van der Waals surface area contributed by atoms with Crippen LogP contribution in [-0.4, -0.2) is 70.6 Å². The van der Waals surface area contributed by atoms with Gasteiger partial charge in [-0.3, -0.25) is 9.69 Å². The van der Waals surface area contributed by atoms with Gasteiger partial charge in [0.25, 0.3) is 0 Å². The topological polar surface area (TPSA) is 44.6 Å². The highest BCUT2D eigenvalue weighted by Gasteiger charge is 2.29. The summed E-state index contributed by atoms with van der Waals surface area (Å²) in [5.74, 6) is 1.25. The fraction of sp³-hybridized carbons (Fsp3) is 0.545. The molecule has 150 valence electrons. The van der Waals surface area contributed by atoms with Crippen LogP contribution in [0.25, 0.3) is 0 Å². The van der Waals surface area contributed by atoms with E-state index < -0.39 is 0 Å². The number of aromatic nitrogens is 2. The fourth-order valence-electron chi connectivity index (χ4n) is 4.48. The lowest BCUT2D eigenvalue weighted by Gasteiger charge is -2.44. The molecule has 0 spiro atoms. The predicted molar refractivity (Wildman–Crippen MR) is 111 cm³/mol. The van der Waals surface area contributed by atoms with Gasteiger partial charge in [0.1, 0.15) is 5.82 Å². The number of benzene rings is 1. The molecule has 1 atom stereocenters. The number of piperidine rings is 1. The van der Waals surface area contributed by atoms with E-state index in [0.29, 0.717) is 12.5 Å². The van der Waals surface area contributed by atoms with Gasteiger partial charge in [-0.25, -0.2) is 4.98 Å². The number of carbonyl (C=O) groups excluding carboxylic acids is 1. The first-order chi connectivity index (χ1) is 13.7. The highest BCUT2D eigenvalue weighted by Crippen LogP contribution is 2.21. The summed E-state index contributed by atoms with van der Waals surface area (Å²) in [4.78, 5) is 24.1. The Morgan fingerprint density at radius 1 is 1.11 bits per heavy atom. The van der Waals surface area contributed by atoms with E-state index in [4.69, 9.17) is 0 Å². The van der Waals surface area contributed by atoms with Crippen molar-refractivity contribution in [3.8, 4) is 0 Å². The zero-order chi connectivity index (χ0) is 19.3. The van der Waals surface area contributed by atoms with Crippen molar-refractivity contribution in [1.29, 1.82) is 0 Å². The van der Waals surface area contributed by atoms with Gasteiger partial charge in [-0.15, -0.1) is 0 Å². The number of aryl methyl sites for hydroxylation is 2. The minimum atomic E-state index is 0.278. The van der Waals surface area contributed by atoms with E-state index in [1.807, 2.05) is 13.1 Å². The van der Waals surface area contributed by atoms with E-state index in [-0.39, 0.29) is 5.91 Å². The van der Waals surface area contributed by atoms with Gasteiger partial charge in [0.15, 0.2) is 0 Å². The molecule has 2 aliphatic heterocycles. The van der Waals surface area contributed by atoms with Gasteiger partial charge < -0.3 is 14.4 Å². The third-order valence-electron chi connectivity index (χ3n) is 6.19.